The lowest BCUT2D eigenvalue weighted by Gasteiger charge is -2.12. The molecule has 2 rings (SSSR count). The van der Waals surface area contributed by atoms with Crippen LogP contribution < -0.4 is 10.4 Å². The maximum absolute atomic E-state index is 12.1. The van der Waals surface area contributed by atoms with Crippen molar-refractivity contribution in [2.75, 3.05) is 0 Å². The molecule has 2 aromatic rings. The van der Waals surface area contributed by atoms with Crippen molar-refractivity contribution in [3.63, 3.8) is 0 Å². The molecule has 6 heteroatoms. The lowest BCUT2D eigenvalue weighted by molar-refractivity contribution is -0.299. The van der Waals surface area contributed by atoms with Gasteiger partial charge in [0.25, 0.3) is 5.91 Å². The molecule has 1 N–H and O–H groups in total. The van der Waals surface area contributed by atoms with Gasteiger partial charge in [0.1, 0.15) is 0 Å². The van der Waals surface area contributed by atoms with Crippen LogP contribution in [0.1, 0.15) is 15.9 Å². The smallest absolute Gasteiger partial charge is 0.256 e. The fourth-order valence-corrected chi connectivity index (χ4v) is 2.30. The Hall–Kier alpha value is -2.11. The molecule has 112 valence electrons. The highest BCUT2D eigenvalue weighted by atomic mass is 79.9. The van der Waals surface area contributed by atoms with Crippen molar-refractivity contribution in [3.8, 4) is 0 Å². The molecule has 0 aromatic heterocycles. The Balaban J connectivity index is 2.26. The summed E-state index contributed by atoms with van der Waals surface area (Å²) in [5, 5.41) is 14.1. The minimum absolute atomic E-state index is 0.325. The molecule has 0 bridgehead atoms. The first-order valence-corrected chi connectivity index (χ1v) is 7.39. The first-order valence-electron chi connectivity index (χ1n) is 6.22. The van der Waals surface area contributed by atoms with E-state index < -0.39 is 11.9 Å². The normalized spacial score (nSPS) is 11.1. The van der Waals surface area contributed by atoms with Gasteiger partial charge in [0.2, 0.25) is 0 Å². The first-order chi connectivity index (χ1) is 10.5. The van der Waals surface area contributed by atoms with Gasteiger partial charge in [-0.05, 0) is 51.8 Å². The van der Waals surface area contributed by atoms with Crippen LogP contribution >= 0.6 is 27.5 Å². The highest BCUT2D eigenvalue weighted by Crippen LogP contribution is 2.16. The lowest BCUT2D eigenvalue weighted by Crippen LogP contribution is -2.35. The van der Waals surface area contributed by atoms with Gasteiger partial charge in [-0.1, -0.05) is 35.9 Å². The monoisotopic (exact) mass is 378 g/mol. The molecule has 1 amide bonds. The number of aliphatic carboxylic acids is 1. The third kappa shape index (κ3) is 4.19. The Bertz CT molecular complexity index is 741. The maximum Gasteiger partial charge on any atom is 0.256 e. The quantitative estimate of drug-likeness (QED) is 0.830. The van der Waals surface area contributed by atoms with Gasteiger partial charge in [0.15, 0.2) is 0 Å². The topological polar surface area (TPSA) is 69.2 Å². The molecule has 0 aliphatic heterocycles. The van der Waals surface area contributed by atoms with E-state index in [0.717, 1.165) is 0 Å². The molecular formula is C16H10BrClNO3-. The van der Waals surface area contributed by atoms with Gasteiger partial charge in [-0.3, -0.25) is 4.79 Å². The van der Waals surface area contributed by atoms with Crippen LogP contribution in [0.15, 0.2) is 58.7 Å². The van der Waals surface area contributed by atoms with Crippen LogP contribution in [0.4, 0.5) is 0 Å². The van der Waals surface area contributed by atoms with Gasteiger partial charge >= 0.3 is 0 Å². The Labute approximate surface area is 140 Å². The van der Waals surface area contributed by atoms with Crippen LogP contribution in [-0.2, 0) is 4.79 Å². The Morgan fingerprint density at radius 1 is 1.09 bits per heavy atom. The number of carboxylic acid groups (broad SMARTS) is 1. The van der Waals surface area contributed by atoms with E-state index in [1.54, 1.807) is 48.5 Å². The summed E-state index contributed by atoms with van der Waals surface area (Å²) in [6.07, 6.45) is 1.31. The molecule has 0 unspecified atom stereocenters. The predicted octanol–water partition coefficient (Wildman–Crippen LogP) is 2.62. The molecule has 0 saturated heterocycles. The van der Waals surface area contributed by atoms with Gasteiger partial charge in [-0.25, -0.2) is 0 Å². The van der Waals surface area contributed by atoms with E-state index in [2.05, 4.69) is 21.2 Å². The van der Waals surface area contributed by atoms with Crippen molar-refractivity contribution >= 4 is 45.5 Å². The summed E-state index contributed by atoms with van der Waals surface area (Å²) in [6.45, 7) is 0. The Morgan fingerprint density at radius 3 is 2.32 bits per heavy atom. The lowest BCUT2D eigenvalue weighted by atomic mass is 10.1. The molecule has 0 saturated carbocycles. The van der Waals surface area contributed by atoms with Crippen molar-refractivity contribution in [1.29, 1.82) is 0 Å². The molecule has 0 spiro atoms. The summed E-state index contributed by atoms with van der Waals surface area (Å²) in [5.41, 5.74) is 0.574. The van der Waals surface area contributed by atoms with Gasteiger partial charge in [0, 0.05) is 9.50 Å². The molecule has 0 atom stereocenters. The third-order valence-electron chi connectivity index (χ3n) is 2.77. The number of hydrogen-bond acceptors (Lipinski definition) is 3. The van der Waals surface area contributed by atoms with Crippen molar-refractivity contribution in [3.05, 3.63) is 74.9 Å². The third-order valence-corrected chi connectivity index (χ3v) is 3.71. The van der Waals surface area contributed by atoms with Gasteiger partial charge in [-0.15, -0.1) is 0 Å². The average molecular weight is 380 g/mol. The number of nitrogens with one attached hydrogen (secondary N) is 1. The van der Waals surface area contributed by atoms with Crippen LogP contribution in [0.2, 0.25) is 5.02 Å². The molecule has 2 aromatic carbocycles. The zero-order chi connectivity index (χ0) is 16.1. The number of benzene rings is 2. The van der Waals surface area contributed by atoms with E-state index in [-0.39, 0.29) is 5.70 Å². The molecular weight excluding hydrogens is 370 g/mol. The largest absolute Gasteiger partial charge is 0.543 e. The fourth-order valence-electron chi connectivity index (χ4n) is 1.71. The number of carboxylic acids is 1. The maximum atomic E-state index is 12.1. The molecule has 4 nitrogen and oxygen atoms in total. The summed E-state index contributed by atoms with van der Waals surface area (Å²) >= 11 is 9.01. The van der Waals surface area contributed by atoms with Crippen molar-refractivity contribution in [2.24, 2.45) is 0 Å². The molecule has 0 heterocycles. The highest BCUT2D eigenvalue weighted by molar-refractivity contribution is 9.10. The minimum atomic E-state index is -1.48. The highest BCUT2D eigenvalue weighted by Gasteiger charge is 2.11. The summed E-state index contributed by atoms with van der Waals surface area (Å²) in [7, 11) is 0. The number of carbonyl (C=O) groups excluding carboxylic acids is 2. The van der Waals surface area contributed by atoms with Crippen LogP contribution in [0.3, 0.4) is 0 Å². The van der Waals surface area contributed by atoms with Gasteiger partial charge in [0.05, 0.1) is 17.2 Å². The first kappa shape index (κ1) is 16.3. The SMILES string of the molecule is O=C([O-])/C(=C\c1ccc(Cl)cc1)NC(=O)c1ccccc1Br. The van der Waals surface area contributed by atoms with E-state index in [0.29, 0.717) is 20.6 Å². The Morgan fingerprint density at radius 2 is 1.73 bits per heavy atom. The zero-order valence-corrected chi connectivity index (χ0v) is 13.5. The molecule has 0 aliphatic rings. The van der Waals surface area contributed by atoms with Crippen LogP contribution in [0, 0.1) is 0 Å². The second-order valence-corrected chi connectivity index (χ2v) is 5.62. The number of rotatable bonds is 4. The summed E-state index contributed by atoms with van der Waals surface area (Å²) in [5.74, 6) is -2.02. The second kappa shape index (κ2) is 7.24. The van der Waals surface area contributed by atoms with E-state index in [4.69, 9.17) is 11.6 Å². The van der Waals surface area contributed by atoms with Gasteiger partial charge < -0.3 is 15.2 Å². The number of hydrogen-bond donors (Lipinski definition) is 1. The standard InChI is InChI=1S/C16H11BrClNO3/c17-13-4-2-1-3-12(13)15(20)19-14(16(21)22)9-10-5-7-11(18)8-6-10/h1-9H,(H,19,20)(H,21,22)/p-1/b14-9+. The van der Waals surface area contributed by atoms with E-state index in [9.17, 15) is 14.7 Å². The molecule has 22 heavy (non-hydrogen) atoms. The Kier molecular flexibility index (Phi) is 5.35. The van der Waals surface area contributed by atoms with Crippen molar-refractivity contribution in [2.45, 2.75) is 0 Å². The van der Waals surface area contributed by atoms with Crippen molar-refractivity contribution in [1.82, 2.24) is 5.32 Å². The summed E-state index contributed by atoms with van der Waals surface area (Å²) in [6, 6.07) is 13.2. The average Bonchev–Trinajstić information content (AvgIpc) is 2.49. The second-order valence-electron chi connectivity index (χ2n) is 4.33. The number of halogens is 2. The van der Waals surface area contributed by atoms with Crippen LogP contribution in [-0.4, -0.2) is 11.9 Å². The van der Waals surface area contributed by atoms with E-state index >= 15 is 0 Å². The predicted molar refractivity (Wildman–Crippen MR) is 86.0 cm³/mol. The zero-order valence-electron chi connectivity index (χ0n) is 11.2. The molecule has 0 fully saturated rings. The minimum Gasteiger partial charge on any atom is -0.543 e. The summed E-state index contributed by atoms with van der Waals surface area (Å²) < 4.78 is 0.566. The van der Waals surface area contributed by atoms with Crippen LogP contribution in [0.5, 0.6) is 0 Å². The summed E-state index contributed by atoms with van der Waals surface area (Å²) in [4.78, 5) is 23.3. The number of amides is 1. The van der Waals surface area contributed by atoms with Crippen LogP contribution in [0.25, 0.3) is 6.08 Å². The number of carbonyl (C=O) groups is 2. The van der Waals surface area contributed by atoms with Gasteiger partial charge in [-0.2, -0.15) is 0 Å². The molecule has 0 aliphatic carbocycles. The van der Waals surface area contributed by atoms with E-state index in [1.807, 2.05) is 0 Å². The van der Waals surface area contributed by atoms with Crippen molar-refractivity contribution < 1.29 is 14.7 Å². The van der Waals surface area contributed by atoms with E-state index in [1.165, 1.54) is 6.08 Å². The fraction of sp³-hybridized carbons (Fsp3) is 0. The molecule has 0 radical (unpaired) electrons.